The molecule has 2 rings (SSSR count). The van der Waals surface area contributed by atoms with E-state index in [0.29, 0.717) is 17.9 Å². The van der Waals surface area contributed by atoms with Gasteiger partial charge in [-0.15, -0.1) is 0 Å². The largest absolute Gasteiger partial charge is 0.482 e. The average molecular weight is 349 g/mol. The van der Waals surface area contributed by atoms with E-state index in [-0.39, 0.29) is 12.0 Å². The van der Waals surface area contributed by atoms with Gasteiger partial charge < -0.3 is 19.9 Å². The van der Waals surface area contributed by atoms with Crippen LogP contribution in [0.1, 0.15) is 51.0 Å². The van der Waals surface area contributed by atoms with Crippen LogP contribution in [0.25, 0.3) is 0 Å². The minimum Gasteiger partial charge on any atom is -0.482 e. The molecule has 1 unspecified atom stereocenters. The number of rotatable bonds is 8. The molecule has 0 bridgehead atoms. The highest BCUT2D eigenvalue weighted by atomic mass is 16.5. The fraction of sp³-hybridized carbons (Fsp3) is 0.579. The van der Waals surface area contributed by atoms with E-state index >= 15 is 0 Å². The summed E-state index contributed by atoms with van der Waals surface area (Å²) in [4.78, 5) is 23.1. The smallest absolute Gasteiger partial charge is 0.341 e. The summed E-state index contributed by atoms with van der Waals surface area (Å²) in [5.74, 6) is -0.709. The third-order valence-electron chi connectivity index (χ3n) is 4.39. The number of amides is 1. The molecular weight excluding hydrogens is 322 g/mol. The molecule has 1 saturated carbocycles. The second kappa shape index (κ2) is 9.42. The number of carbonyl (C=O) groups excluding carboxylic acids is 1. The lowest BCUT2D eigenvalue weighted by molar-refractivity contribution is -0.139. The zero-order valence-electron chi connectivity index (χ0n) is 14.9. The Balaban J connectivity index is 1.94. The Morgan fingerprint density at radius 3 is 2.60 bits per heavy atom. The quantitative estimate of drug-likeness (QED) is 0.750. The molecule has 6 nitrogen and oxygen atoms in total. The molecule has 25 heavy (non-hydrogen) atoms. The molecule has 1 fully saturated rings. The first-order valence-electron chi connectivity index (χ1n) is 8.91. The number of aliphatic carboxylic acids is 1. The van der Waals surface area contributed by atoms with Crippen LogP contribution in [0.5, 0.6) is 5.75 Å². The van der Waals surface area contributed by atoms with Crippen LogP contribution in [0.15, 0.2) is 18.2 Å². The third kappa shape index (κ3) is 6.05. The monoisotopic (exact) mass is 349 g/mol. The molecular formula is C19H27NO5. The van der Waals surface area contributed by atoms with Gasteiger partial charge in [0.05, 0.1) is 6.10 Å². The molecule has 0 aromatic heterocycles. The Morgan fingerprint density at radius 2 is 2.00 bits per heavy atom. The normalized spacial score (nSPS) is 16.2. The lowest BCUT2D eigenvalue weighted by Gasteiger charge is -2.26. The number of ether oxygens (including phenoxy) is 2. The molecule has 1 aromatic carbocycles. The van der Waals surface area contributed by atoms with Crippen LogP contribution in [0.3, 0.4) is 0 Å². The Hall–Kier alpha value is -2.08. The van der Waals surface area contributed by atoms with E-state index in [2.05, 4.69) is 5.32 Å². The van der Waals surface area contributed by atoms with Gasteiger partial charge >= 0.3 is 5.97 Å². The molecule has 138 valence electrons. The summed E-state index contributed by atoms with van der Waals surface area (Å²) in [6.45, 7) is 3.40. The van der Waals surface area contributed by atoms with E-state index in [1.807, 2.05) is 13.8 Å². The highest BCUT2D eigenvalue weighted by Gasteiger charge is 2.23. The van der Waals surface area contributed by atoms with Gasteiger partial charge in [0.15, 0.2) is 6.61 Å². The van der Waals surface area contributed by atoms with Crippen LogP contribution in [-0.4, -0.2) is 35.8 Å². The zero-order chi connectivity index (χ0) is 18.2. The fourth-order valence-electron chi connectivity index (χ4n) is 3.00. The van der Waals surface area contributed by atoms with E-state index in [4.69, 9.17) is 14.6 Å². The van der Waals surface area contributed by atoms with Crippen LogP contribution >= 0.6 is 0 Å². The summed E-state index contributed by atoms with van der Waals surface area (Å²) in [5, 5.41) is 11.6. The Morgan fingerprint density at radius 1 is 1.28 bits per heavy atom. The maximum Gasteiger partial charge on any atom is 0.341 e. The number of carbonyl (C=O) groups is 2. The zero-order valence-corrected chi connectivity index (χ0v) is 14.9. The second-order valence-electron chi connectivity index (χ2n) is 6.44. The molecule has 1 aliphatic carbocycles. The minimum atomic E-state index is -1.03. The highest BCUT2D eigenvalue weighted by Crippen LogP contribution is 2.24. The molecule has 1 aliphatic rings. The van der Waals surface area contributed by atoms with Crippen LogP contribution in [0.2, 0.25) is 0 Å². The summed E-state index contributed by atoms with van der Waals surface area (Å²) in [7, 11) is 0. The van der Waals surface area contributed by atoms with Crippen molar-refractivity contribution in [2.75, 3.05) is 11.9 Å². The topological polar surface area (TPSA) is 84.9 Å². The van der Waals surface area contributed by atoms with Gasteiger partial charge in [0.25, 0.3) is 5.91 Å². The SMILES string of the molecule is CCC(OC1CCCCC1)C(=O)Nc1ccc(OCC(=O)O)cc1C. The van der Waals surface area contributed by atoms with Crippen molar-refractivity contribution >= 4 is 17.6 Å². The third-order valence-corrected chi connectivity index (χ3v) is 4.39. The minimum absolute atomic E-state index is 0.143. The van der Waals surface area contributed by atoms with Gasteiger partial charge in [-0.05, 0) is 49.9 Å². The molecule has 0 spiro atoms. The molecule has 2 N–H and O–H groups in total. The van der Waals surface area contributed by atoms with Gasteiger partial charge in [0.2, 0.25) is 0 Å². The van der Waals surface area contributed by atoms with Gasteiger partial charge in [-0.25, -0.2) is 4.79 Å². The van der Waals surface area contributed by atoms with Gasteiger partial charge in [-0.2, -0.15) is 0 Å². The van der Waals surface area contributed by atoms with Crippen LogP contribution in [-0.2, 0) is 14.3 Å². The number of anilines is 1. The van der Waals surface area contributed by atoms with E-state index in [1.165, 1.54) is 19.3 Å². The van der Waals surface area contributed by atoms with Gasteiger partial charge in [-0.3, -0.25) is 4.79 Å². The van der Waals surface area contributed by atoms with E-state index < -0.39 is 18.7 Å². The Kier molecular flexibility index (Phi) is 7.25. The van der Waals surface area contributed by atoms with Crippen LogP contribution < -0.4 is 10.1 Å². The maximum absolute atomic E-state index is 12.5. The van der Waals surface area contributed by atoms with Crippen molar-refractivity contribution in [1.29, 1.82) is 0 Å². The fourth-order valence-corrected chi connectivity index (χ4v) is 3.00. The summed E-state index contributed by atoms with van der Waals surface area (Å²) in [6, 6.07) is 5.08. The van der Waals surface area contributed by atoms with Crippen molar-refractivity contribution in [1.82, 2.24) is 0 Å². The molecule has 0 heterocycles. The van der Waals surface area contributed by atoms with E-state index in [0.717, 1.165) is 18.4 Å². The second-order valence-corrected chi connectivity index (χ2v) is 6.44. The van der Waals surface area contributed by atoms with Crippen molar-refractivity contribution < 1.29 is 24.2 Å². The molecule has 6 heteroatoms. The standard InChI is InChI=1S/C19H27NO5/c1-3-17(25-14-7-5-4-6-8-14)19(23)20-16-10-9-15(11-13(16)2)24-12-18(21)22/h9-11,14,17H,3-8,12H2,1-2H3,(H,20,23)(H,21,22). The summed E-state index contributed by atoms with van der Waals surface area (Å²) < 4.78 is 11.1. The molecule has 1 aromatic rings. The van der Waals surface area contributed by atoms with Gasteiger partial charge in [0, 0.05) is 5.69 Å². The van der Waals surface area contributed by atoms with Crippen molar-refractivity contribution in [2.45, 2.75) is 64.6 Å². The number of carboxylic acids is 1. The number of hydrogen-bond acceptors (Lipinski definition) is 4. The average Bonchev–Trinajstić information content (AvgIpc) is 2.60. The van der Waals surface area contributed by atoms with Crippen LogP contribution in [0, 0.1) is 6.92 Å². The van der Waals surface area contributed by atoms with Crippen LogP contribution in [0.4, 0.5) is 5.69 Å². The molecule has 1 atom stereocenters. The first-order valence-corrected chi connectivity index (χ1v) is 8.91. The number of hydrogen-bond donors (Lipinski definition) is 2. The molecule has 0 radical (unpaired) electrons. The van der Waals surface area contributed by atoms with E-state index in [1.54, 1.807) is 18.2 Å². The molecule has 0 aliphatic heterocycles. The van der Waals surface area contributed by atoms with Crippen molar-refractivity contribution in [2.24, 2.45) is 0 Å². The first kappa shape index (κ1) is 19.2. The van der Waals surface area contributed by atoms with Gasteiger partial charge in [0.1, 0.15) is 11.9 Å². The summed E-state index contributed by atoms with van der Waals surface area (Å²) in [5.41, 5.74) is 1.49. The predicted molar refractivity (Wildman–Crippen MR) is 95.0 cm³/mol. The summed E-state index contributed by atoms with van der Waals surface area (Å²) in [6.07, 6.45) is 5.98. The number of carboxylic acid groups (broad SMARTS) is 1. The lowest BCUT2D eigenvalue weighted by atomic mass is 9.97. The molecule has 0 saturated heterocycles. The van der Waals surface area contributed by atoms with Crippen molar-refractivity contribution in [3.05, 3.63) is 23.8 Å². The highest BCUT2D eigenvalue weighted by molar-refractivity contribution is 5.94. The van der Waals surface area contributed by atoms with Gasteiger partial charge in [-0.1, -0.05) is 26.2 Å². The Bertz CT molecular complexity index is 595. The van der Waals surface area contributed by atoms with Crippen molar-refractivity contribution in [3.63, 3.8) is 0 Å². The first-order chi connectivity index (χ1) is 12.0. The Labute approximate surface area is 148 Å². The van der Waals surface area contributed by atoms with Crippen molar-refractivity contribution in [3.8, 4) is 5.75 Å². The maximum atomic E-state index is 12.5. The predicted octanol–water partition coefficient (Wildman–Crippen LogP) is 3.52. The van der Waals surface area contributed by atoms with E-state index in [9.17, 15) is 9.59 Å². The number of nitrogens with one attached hydrogen (secondary N) is 1. The molecule has 1 amide bonds. The lowest BCUT2D eigenvalue weighted by Crippen LogP contribution is -2.34. The summed E-state index contributed by atoms with van der Waals surface area (Å²) >= 11 is 0. The number of aryl methyl sites for hydroxylation is 1. The number of benzene rings is 1.